The highest BCUT2D eigenvalue weighted by atomic mass is 28.3. The number of hydrogen-bond acceptors (Lipinski definition) is 2. The van der Waals surface area contributed by atoms with E-state index in [1.807, 2.05) is 25.7 Å². The number of carbonyl (C=O) groups is 1. The highest BCUT2D eigenvalue weighted by molar-refractivity contribution is 6.76. The zero-order chi connectivity index (χ0) is 16.3. The van der Waals surface area contributed by atoms with Crippen LogP contribution in [0, 0.1) is 0 Å². The molecule has 0 aromatic heterocycles. The molecule has 21 heavy (non-hydrogen) atoms. The molecular weight excluding hydrogens is 278 g/mol. The summed E-state index contributed by atoms with van der Waals surface area (Å²) < 4.78 is 5.56. The van der Waals surface area contributed by atoms with Gasteiger partial charge in [0.15, 0.2) is 0 Å². The molecule has 1 saturated heterocycles. The predicted molar refractivity (Wildman–Crippen MR) is 92.5 cm³/mol. The van der Waals surface area contributed by atoms with Crippen LogP contribution in [0.4, 0.5) is 4.79 Å². The number of likely N-dealkylation sites (tertiary alicyclic amines) is 1. The number of amides is 1. The van der Waals surface area contributed by atoms with Crippen LogP contribution in [-0.4, -0.2) is 37.3 Å². The Balaban J connectivity index is 2.65. The van der Waals surface area contributed by atoms with Gasteiger partial charge in [-0.2, -0.15) is 0 Å². The van der Waals surface area contributed by atoms with Crippen molar-refractivity contribution in [2.45, 2.75) is 83.8 Å². The van der Waals surface area contributed by atoms with Crippen LogP contribution in [0.15, 0.2) is 12.2 Å². The van der Waals surface area contributed by atoms with Crippen molar-refractivity contribution in [2.24, 2.45) is 0 Å². The molecule has 0 aromatic carbocycles. The number of nitrogens with zero attached hydrogens (tertiary/aromatic N) is 1. The van der Waals surface area contributed by atoms with Gasteiger partial charge < -0.3 is 9.64 Å². The minimum atomic E-state index is -1.13. The summed E-state index contributed by atoms with van der Waals surface area (Å²) in [5, 5.41) is 0. The highest BCUT2D eigenvalue weighted by Gasteiger charge is 2.31. The largest absolute Gasteiger partial charge is 0.444 e. The molecule has 0 aromatic rings. The lowest BCUT2D eigenvalue weighted by Crippen LogP contribution is -2.46. The second kappa shape index (κ2) is 6.99. The normalized spacial score (nSPS) is 20.3. The summed E-state index contributed by atoms with van der Waals surface area (Å²) >= 11 is 0. The lowest BCUT2D eigenvalue weighted by atomic mass is 9.97. The van der Waals surface area contributed by atoms with Crippen LogP contribution in [0.25, 0.3) is 0 Å². The average molecular weight is 312 g/mol. The molecule has 1 amide bonds. The fourth-order valence-electron chi connectivity index (χ4n) is 2.93. The third-order valence-corrected chi connectivity index (χ3v) is 5.12. The number of rotatable bonds is 4. The van der Waals surface area contributed by atoms with Crippen molar-refractivity contribution in [3.63, 3.8) is 0 Å². The van der Waals surface area contributed by atoms with Gasteiger partial charge >= 0.3 is 6.09 Å². The van der Waals surface area contributed by atoms with Crippen LogP contribution in [0.5, 0.6) is 0 Å². The summed E-state index contributed by atoms with van der Waals surface area (Å²) in [5.74, 6) is 0. The SMILES string of the molecule is C=C(CC1CCCCN1C(=O)OC(C)(C)C)C[Si](C)(C)C. The van der Waals surface area contributed by atoms with E-state index in [4.69, 9.17) is 4.74 Å². The van der Waals surface area contributed by atoms with Crippen LogP contribution in [0.1, 0.15) is 46.5 Å². The zero-order valence-electron chi connectivity index (χ0n) is 14.8. The Morgan fingerprint density at radius 1 is 1.29 bits per heavy atom. The molecule has 0 radical (unpaired) electrons. The van der Waals surface area contributed by atoms with E-state index in [0.29, 0.717) is 0 Å². The van der Waals surface area contributed by atoms with Gasteiger partial charge in [-0.15, -0.1) is 6.58 Å². The first-order valence-electron chi connectivity index (χ1n) is 8.14. The molecule has 122 valence electrons. The Morgan fingerprint density at radius 3 is 2.43 bits per heavy atom. The molecule has 0 spiro atoms. The van der Waals surface area contributed by atoms with Crippen molar-refractivity contribution in [1.82, 2.24) is 4.90 Å². The molecule has 0 saturated carbocycles. The van der Waals surface area contributed by atoms with Crippen LogP contribution in [-0.2, 0) is 4.74 Å². The maximum Gasteiger partial charge on any atom is 0.410 e. The summed E-state index contributed by atoms with van der Waals surface area (Å²) in [4.78, 5) is 14.3. The molecule has 4 heteroatoms. The minimum Gasteiger partial charge on any atom is -0.444 e. The molecule has 1 fully saturated rings. The maximum absolute atomic E-state index is 12.4. The van der Waals surface area contributed by atoms with E-state index in [0.717, 1.165) is 31.9 Å². The van der Waals surface area contributed by atoms with Crippen molar-refractivity contribution < 1.29 is 9.53 Å². The van der Waals surface area contributed by atoms with E-state index < -0.39 is 13.7 Å². The van der Waals surface area contributed by atoms with Crippen LogP contribution in [0.2, 0.25) is 25.7 Å². The highest BCUT2D eigenvalue weighted by Crippen LogP contribution is 2.27. The van der Waals surface area contributed by atoms with Crippen LogP contribution >= 0.6 is 0 Å². The average Bonchev–Trinajstić information content (AvgIpc) is 2.24. The molecule has 3 nitrogen and oxygen atoms in total. The van der Waals surface area contributed by atoms with E-state index in [9.17, 15) is 4.79 Å². The third-order valence-electron chi connectivity index (χ3n) is 3.56. The van der Waals surface area contributed by atoms with Crippen LogP contribution in [0.3, 0.4) is 0 Å². The summed E-state index contributed by atoms with van der Waals surface area (Å²) in [5.41, 5.74) is 0.878. The molecule has 1 aliphatic rings. The van der Waals surface area contributed by atoms with Gasteiger partial charge in [-0.25, -0.2) is 4.79 Å². The fraction of sp³-hybridized carbons (Fsp3) is 0.824. The monoisotopic (exact) mass is 311 g/mol. The smallest absolute Gasteiger partial charge is 0.410 e. The Labute approximate surface area is 131 Å². The summed E-state index contributed by atoms with van der Waals surface area (Å²) in [7, 11) is -1.13. The van der Waals surface area contributed by atoms with Gasteiger partial charge in [0.05, 0.1) is 0 Å². The van der Waals surface area contributed by atoms with Gasteiger partial charge in [0.1, 0.15) is 5.60 Å². The van der Waals surface area contributed by atoms with Gasteiger partial charge in [0, 0.05) is 20.7 Å². The lowest BCUT2D eigenvalue weighted by Gasteiger charge is -2.37. The molecule has 1 rings (SSSR count). The second-order valence-corrected chi connectivity index (χ2v) is 14.0. The molecule has 0 aliphatic carbocycles. The van der Waals surface area contributed by atoms with Gasteiger partial charge in [-0.05, 0) is 52.5 Å². The van der Waals surface area contributed by atoms with E-state index in [2.05, 4.69) is 26.2 Å². The standard InChI is InChI=1S/C17H33NO2Si/c1-14(13-21(5,6)7)12-15-10-8-9-11-18(15)16(19)20-17(2,3)4/h15H,1,8-13H2,2-7H3. The first kappa shape index (κ1) is 18.3. The predicted octanol–water partition coefficient (Wildman–Crippen LogP) is 5.06. The third kappa shape index (κ3) is 7.16. The first-order chi connectivity index (χ1) is 9.48. The van der Waals surface area contributed by atoms with Crippen molar-refractivity contribution >= 4 is 14.2 Å². The summed E-state index contributed by atoms with van der Waals surface area (Å²) in [6.07, 6.45) is 4.13. The van der Waals surface area contributed by atoms with Crippen LogP contribution < -0.4 is 0 Å². The van der Waals surface area contributed by atoms with Crippen molar-refractivity contribution in [1.29, 1.82) is 0 Å². The number of carbonyl (C=O) groups excluding carboxylic acids is 1. The maximum atomic E-state index is 12.4. The Morgan fingerprint density at radius 2 is 1.90 bits per heavy atom. The van der Waals surface area contributed by atoms with Crippen molar-refractivity contribution in [3.8, 4) is 0 Å². The summed E-state index contributed by atoms with van der Waals surface area (Å²) in [6, 6.07) is 1.42. The van der Waals surface area contributed by atoms with Crippen molar-refractivity contribution in [3.05, 3.63) is 12.2 Å². The minimum absolute atomic E-state index is 0.159. The molecule has 1 aliphatic heterocycles. The van der Waals surface area contributed by atoms with Gasteiger partial charge in [-0.1, -0.05) is 25.2 Å². The molecular formula is C17H33NO2Si. The Hall–Kier alpha value is -0.773. The number of ether oxygens (including phenoxy) is 1. The van der Waals surface area contributed by atoms with Crippen molar-refractivity contribution in [2.75, 3.05) is 6.54 Å². The van der Waals surface area contributed by atoms with Gasteiger partial charge in [0.2, 0.25) is 0 Å². The lowest BCUT2D eigenvalue weighted by molar-refractivity contribution is 0.00998. The second-order valence-electron chi connectivity index (χ2n) is 8.51. The Bertz CT molecular complexity index is 379. The molecule has 1 atom stereocenters. The van der Waals surface area contributed by atoms with E-state index in [1.165, 1.54) is 12.0 Å². The Kier molecular flexibility index (Phi) is 6.08. The molecule has 0 bridgehead atoms. The first-order valence-corrected chi connectivity index (χ1v) is 11.8. The van der Waals surface area contributed by atoms with E-state index in [-0.39, 0.29) is 12.1 Å². The molecule has 1 unspecified atom stereocenters. The summed E-state index contributed by atoms with van der Waals surface area (Å²) in [6.45, 7) is 17.9. The molecule has 1 heterocycles. The van der Waals surface area contributed by atoms with Gasteiger partial charge in [0.25, 0.3) is 0 Å². The molecule has 0 N–H and O–H groups in total. The van der Waals surface area contributed by atoms with E-state index >= 15 is 0 Å². The number of piperidine rings is 1. The topological polar surface area (TPSA) is 29.5 Å². The zero-order valence-corrected chi connectivity index (χ0v) is 15.8. The fourth-order valence-corrected chi connectivity index (χ4v) is 4.57. The quantitative estimate of drug-likeness (QED) is 0.536. The number of hydrogen-bond donors (Lipinski definition) is 0. The van der Waals surface area contributed by atoms with Gasteiger partial charge in [-0.3, -0.25) is 0 Å². The van der Waals surface area contributed by atoms with E-state index in [1.54, 1.807) is 0 Å².